The van der Waals surface area contributed by atoms with Gasteiger partial charge in [0.1, 0.15) is 5.82 Å². The predicted octanol–water partition coefficient (Wildman–Crippen LogP) is 4.27. The molecule has 0 aliphatic heterocycles. The van der Waals surface area contributed by atoms with Crippen molar-refractivity contribution in [3.05, 3.63) is 34.9 Å². The van der Waals surface area contributed by atoms with E-state index in [9.17, 15) is 0 Å². The zero-order valence-electron chi connectivity index (χ0n) is 10.3. The molecule has 0 fully saturated rings. The van der Waals surface area contributed by atoms with Gasteiger partial charge < -0.3 is 5.32 Å². The van der Waals surface area contributed by atoms with Crippen LogP contribution in [0.15, 0.2) is 24.3 Å². The van der Waals surface area contributed by atoms with Crippen molar-refractivity contribution in [2.45, 2.75) is 26.7 Å². The summed E-state index contributed by atoms with van der Waals surface area (Å²) in [5.41, 5.74) is 2.15. The highest BCUT2D eigenvalue weighted by Crippen LogP contribution is 2.26. The van der Waals surface area contributed by atoms with Crippen LogP contribution < -0.4 is 5.32 Å². The summed E-state index contributed by atoms with van der Waals surface area (Å²) in [4.78, 5) is 4.64. The van der Waals surface area contributed by atoms with Crippen LogP contribution in [-0.2, 0) is 6.42 Å². The molecule has 2 nitrogen and oxygen atoms in total. The van der Waals surface area contributed by atoms with Gasteiger partial charge in [0.15, 0.2) is 0 Å². The Bertz CT molecular complexity index is 523. The van der Waals surface area contributed by atoms with Crippen molar-refractivity contribution < 1.29 is 0 Å². The van der Waals surface area contributed by atoms with E-state index in [1.165, 1.54) is 5.56 Å². The first-order valence-corrected chi connectivity index (χ1v) is 6.46. The number of para-hydroxylation sites is 1. The van der Waals surface area contributed by atoms with E-state index in [-0.39, 0.29) is 0 Å². The fourth-order valence-corrected chi connectivity index (χ4v) is 2.21. The monoisotopic (exact) mass is 248 g/mol. The molecule has 1 heterocycles. The van der Waals surface area contributed by atoms with E-state index in [0.717, 1.165) is 36.1 Å². The van der Waals surface area contributed by atoms with Crippen molar-refractivity contribution in [2.24, 2.45) is 0 Å². The molecule has 0 bridgehead atoms. The van der Waals surface area contributed by atoms with Crippen LogP contribution >= 0.6 is 11.6 Å². The molecule has 1 N–H and O–H groups in total. The number of benzene rings is 1. The number of aryl methyl sites for hydroxylation is 1. The second kappa shape index (κ2) is 5.37. The molecule has 2 rings (SSSR count). The van der Waals surface area contributed by atoms with E-state index < -0.39 is 0 Å². The maximum atomic E-state index is 6.17. The molecule has 0 aliphatic rings. The van der Waals surface area contributed by atoms with Gasteiger partial charge in [0.25, 0.3) is 0 Å². The number of nitrogens with zero attached hydrogens (tertiary/aromatic N) is 1. The normalized spacial score (nSPS) is 10.8. The molecular weight excluding hydrogens is 232 g/mol. The number of rotatable bonds is 4. The van der Waals surface area contributed by atoms with Gasteiger partial charge in [0, 0.05) is 11.9 Å². The number of hydrogen-bond donors (Lipinski definition) is 1. The van der Waals surface area contributed by atoms with E-state index in [1.54, 1.807) is 0 Å². The SMILES string of the molecule is CCCc1cc2cccc(Cl)c2nc1NCC. The van der Waals surface area contributed by atoms with Crippen LogP contribution in [-0.4, -0.2) is 11.5 Å². The van der Waals surface area contributed by atoms with Crippen molar-refractivity contribution >= 4 is 28.3 Å². The second-order valence-corrected chi connectivity index (χ2v) is 4.50. The average molecular weight is 249 g/mol. The van der Waals surface area contributed by atoms with Crippen molar-refractivity contribution in [3.8, 4) is 0 Å². The Morgan fingerprint density at radius 3 is 2.82 bits per heavy atom. The van der Waals surface area contributed by atoms with E-state index in [1.807, 2.05) is 12.1 Å². The lowest BCUT2D eigenvalue weighted by Gasteiger charge is -2.11. The van der Waals surface area contributed by atoms with Crippen LogP contribution in [0.5, 0.6) is 0 Å². The molecule has 0 radical (unpaired) electrons. The van der Waals surface area contributed by atoms with Gasteiger partial charge in [0.2, 0.25) is 0 Å². The topological polar surface area (TPSA) is 24.9 Å². The van der Waals surface area contributed by atoms with E-state index in [2.05, 4.69) is 36.3 Å². The van der Waals surface area contributed by atoms with Gasteiger partial charge in [0.05, 0.1) is 10.5 Å². The first-order valence-electron chi connectivity index (χ1n) is 6.08. The van der Waals surface area contributed by atoms with Gasteiger partial charge in [-0.1, -0.05) is 37.1 Å². The summed E-state index contributed by atoms with van der Waals surface area (Å²) in [6, 6.07) is 8.10. The van der Waals surface area contributed by atoms with Crippen molar-refractivity contribution in [2.75, 3.05) is 11.9 Å². The zero-order valence-corrected chi connectivity index (χ0v) is 11.0. The van der Waals surface area contributed by atoms with Gasteiger partial charge >= 0.3 is 0 Å². The largest absolute Gasteiger partial charge is 0.370 e. The average Bonchev–Trinajstić information content (AvgIpc) is 2.32. The fraction of sp³-hybridized carbons (Fsp3) is 0.357. The molecule has 0 unspecified atom stereocenters. The smallest absolute Gasteiger partial charge is 0.129 e. The highest BCUT2D eigenvalue weighted by atomic mass is 35.5. The molecule has 0 saturated heterocycles. The Labute approximate surface area is 107 Å². The zero-order chi connectivity index (χ0) is 12.3. The molecule has 2 aromatic rings. The molecule has 0 saturated carbocycles. The summed E-state index contributed by atoms with van der Waals surface area (Å²) >= 11 is 6.17. The van der Waals surface area contributed by atoms with Crippen LogP contribution in [0.1, 0.15) is 25.8 Å². The van der Waals surface area contributed by atoms with E-state index in [0.29, 0.717) is 5.02 Å². The summed E-state index contributed by atoms with van der Waals surface area (Å²) in [7, 11) is 0. The second-order valence-electron chi connectivity index (χ2n) is 4.09. The summed E-state index contributed by atoms with van der Waals surface area (Å²) < 4.78 is 0. The highest BCUT2D eigenvalue weighted by molar-refractivity contribution is 6.35. The molecular formula is C14H17ClN2. The fourth-order valence-electron chi connectivity index (χ4n) is 1.99. The summed E-state index contributed by atoms with van der Waals surface area (Å²) in [6.07, 6.45) is 2.16. The van der Waals surface area contributed by atoms with Gasteiger partial charge in [-0.3, -0.25) is 0 Å². The summed E-state index contributed by atoms with van der Waals surface area (Å²) in [6.45, 7) is 5.13. The molecule has 17 heavy (non-hydrogen) atoms. The van der Waals surface area contributed by atoms with Crippen LogP contribution in [0, 0.1) is 0 Å². The Hall–Kier alpha value is -1.28. The number of aromatic nitrogens is 1. The van der Waals surface area contributed by atoms with Crippen LogP contribution in [0.4, 0.5) is 5.82 Å². The van der Waals surface area contributed by atoms with E-state index in [4.69, 9.17) is 11.6 Å². The molecule has 1 aromatic carbocycles. The third-order valence-corrected chi connectivity index (χ3v) is 3.04. The van der Waals surface area contributed by atoms with Gasteiger partial charge in [-0.25, -0.2) is 4.98 Å². The highest BCUT2D eigenvalue weighted by Gasteiger charge is 2.07. The van der Waals surface area contributed by atoms with Crippen LogP contribution in [0.3, 0.4) is 0 Å². The molecule has 1 aromatic heterocycles. The number of halogens is 1. The minimum absolute atomic E-state index is 0.713. The number of pyridine rings is 1. The first-order chi connectivity index (χ1) is 8.26. The number of nitrogens with one attached hydrogen (secondary N) is 1. The maximum Gasteiger partial charge on any atom is 0.129 e. The van der Waals surface area contributed by atoms with Crippen molar-refractivity contribution in [3.63, 3.8) is 0 Å². The Morgan fingerprint density at radius 2 is 2.12 bits per heavy atom. The standard InChI is InChI=1S/C14H17ClN2/c1-3-6-11-9-10-7-5-8-12(15)13(10)17-14(11)16-4-2/h5,7-9H,3-4,6H2,1-2H3,(H,16,17). The lowest BCUT2D eigenvalue weighted by atomic mass is 10.1. The van der Waals surface area contributed by atoms with Crippen LogP contribution in [0.25, 0.3) is 10.9 Å². The van der Waals surface area contributed by atoms with Crippen LogP contribution in [0.2, 0.25) is 5.02 Å². The lowest BCUT2D eigenvalue weighted by Crippen LogP contribution is -2.04. The van der Waals surface area contributed by atoms with Gasteiger partial charge in [-0.2, -0.15) is 0 Å². The Balaban J connectivity index is 2.59. The van der Waals surface area contributed by atoms with E-state index >= 15 is 0 Å². The third-order valence-electron chi connectivity index (χ3n) is 2.74. The Morgan fingerprint density at radius 1 is 1.29 bits per heavy atom. The quantitative estimate of drug-likeness (QED) is 0.874. The van der Waals surface area contributed by atoms with Gasteiger partial charge in [-0.05, 0) is 31.0 Å². The minimum atomic E-state index is 0.713. The van der Waals surface area contributed by atoms with Crippen molar-refractivity contribution in [1.82, 2.24) is 4.98 Å². The molecule has 3 heteroatoms. The first kappa shape index (κ1) is 12.2. The lowest BCUT2D eigenvalue weighted by molar-refractivity contribution is 0.916. The Kier molecular flexibility index (Phi) is 3.85. The number of anilines is 1. The minimum Gasteiger partial charge on any atom is -0.370 e. The molecule has 90 valence electrons. The third kappa shape index (κ3) is 2.52. The number of fused-ring (bicyclic) bond motifs is 1. The molecule has 0 aliphatic carbocycles. The number of hydrogen-bond acceptors (Lipinski definition) is 2. The predicted molar refractivity (Wildman–Crippen MR) is 74.9 cm³/mol. The van der Waals surface area contributed by atoms with Gasteiger partial charge in [-0.15, -0.1) is 0 Å². The van der Waals surface area contributed by atoms with Crippen molar-refractivity contribution in [1.29, 1.82) is 0 Å². The molecule has 0 spiro atoms. The maximum absolute atomic E-state index is 6.17. The molecule has 0 amide bonds. The summed E-state index contributed by atoms with van der Waals surface area (Å²) in [5, 5.41) is 5.14. The summed E-state index contributed by atoms with van der Waals surface area (Å²) in [5.74, 6) is 0.968. The molecule has 0 atom stereocenters.